The fraction of sp³-hybridized carbons (Fsp3) is 0.214. The van der Waals surface area contributed by atoms with Crippen LogP contribution in [0, 0.1) is 15.9 Å². The molecule has 6 nitrogen and oxygen atoms in total. The summed E-state index contributed by atoms with van der Waals surface area (Å²) in [5.74, 6) is 0.500. The molecule has 0 fully saturated rings. The van der Waals surface area contributed by atoms with Crippen LogP contribution in [0.25, 0.3) is 0 Å². The molecular weight excluding hydrogens is 275 g/mol. The fourth-order valence-electron chi connectivity index (χ4n) is 1.97. The van der Waals surface area contributed by atoms with Crippen molar-refractivity contribution in [1.29, 1.82) is 0 Å². The number of rotatable bonds is 5. The van der Waals surface area contributed by atoms with Crippen LogP contribution in [0.1, 0.15) is 6.92 Å². The average molecular weight is 290 g/mol. The van der Waals surface area contributed by atoms with E-state index in [1.165, 1.54) is 24.3 Å². The van der Waals surface area contributed by atoms with Crippen molar-refractivity contribution in [3.05, 3.63) is 52.3 Å². The van der Waals surface area contributed by atoms with Crippen LogP contribution in [0.2, 0.25) is 0 Å². The smallest absolute Gasteiger partial charge is 0.276 e. The maximum absolute atomic E-state index is 13.0. The molecule has 2 rings (SSSR count). The van der Waals surface area contributed by atoms with Crippen LogP contribution in [0.5, 0.6) is 0 Å². The van der Waals surface area contributed by atoms with Gasteiger partial charge >= 0.3 is 0 Å². The number of nitrogens with zero attached hydrogens (tertiary/aromatic N) is 3. The summed E-state index contributed by atoms with van der Waals surface area (Å²) in [7, 11) is 1.64. The largest absolute Gasteiger partial charge is 0.373 e. The van der Waals surface area contributed by atoms with Crippen molar-refractivity contribution in [2.24, 2.45) is 0 Å². The van der Waals surface area contributed by atoms with Crippen LogP contribution < -0.4 is 10.2 Å². The lowest BCUT2D eigenvalue weighted by Gasteiger charge is -2.22. The van der Waals surface area contributed by atoms with E-state index in [0.29, 0.717) is 23.9 Å². The number of anilines is 3. The van der Waals surface area contributed by atoms with Gasteiger partial charge < -0.3 is 10.2 Å². The third-order valence-electron chi connectivity index (χ3n) is 2.99. The number of aromatic nitrogens is 1. The van der Waals surface area contributed by atoms with Gasteiger partial charge in [0, 0.05) is 19.3 Å². The van der Waals surface area contributed by atoms with Crippen molar-refractivity contribution in [2.75, 3.05) is 23.8 Å². The summed E-state index contributed by atoms with van der Waals surface area (Å²) < 4.78 is 13.0. The second-order valence-corrected chi connectivity index (χ2v) is 4.30. The Kier molecular flexibility index (Phi) is 4.32. The van der Waals surface area contributed by atoms with E-state index in [1.54, 1.807) is 24.1 Å². The molecule has 0 saturated heterocycles. The van der Waals surface area contributed by atoms with Gasteiger partial charge in [-0.05, 0) is 31.2 Å². The standard InChI is InChI=1S/C14H15FN4O2/c1-3-18(11-6-4-10(15)5-7-11)14-9-12(19(20)21)8-13(16-2)17-14/h4-9H,3H2,1-2H3,(H,16,17). The molecule has 1 aromatic carbocycles. The minimum Gasteiger partial charge on any atom is -0.373 e. The first kappa shape index (κ1) is 14.7. The Bertz CT molecular complexity index is 646. The molecule has 0 amide bonds. The number of halogens is 1. The van der Waals surface area contributed by atoms with Crippen molar-refractivity contribution in [1.82, 2.24) is 4.98 Å². The summed E-state index contributed by atoms with van der Waals surface area (Å²) in [5.41, 5.74) is 0.666. The molecule has 2 aromatic rings. The van der Waals surface area contributed by atoms with Crippen LogP contribution >= 0.6 is 0 Å². The SMILES string of the molecule is CCN(c1ccc(F)cc1)c1cc([N+](=O)[O-])cc(NC)n1. The maximum Gasteiger partial charge on any atom is 0.276 e. The van der Waals surface area contributed by atoms with Gasteiger partial charge in [0.2, 0.25) is 0 Å². The van der Waals surface area contributed by atoms with Crippen LogP contribution in [0.3, 0.4) is 0 Å². The van der Waals surface area contributed by atoms with E-state index in [0.717, 1.165) is 0 Å². The zero-order valence-electron chi connectivity index (χ0n) is 11.7. The highest BCUT2D eigenvalue weighted by atomic mass is 19.1. The number of nitro groups is 1. The summed E-state index contributed by atoms with van der Waals surface area (Å²) in [6.07, 6.45) is 0. The molecule has 0 saturated carbocycles. The predicted molar refractivity (Wildman–Crippen MR) is 79.5 cm³/mol. The molecule has 1 heterocycles. The van der Waals surface area contributed by atoms with Gasteiger partial charge in [0.1, 0.15) is 17.5 Å². The molecule has 0 radical (unpaired) electrons. The molecule has 0 aliphatic heterocycles. The molecule has 0 bridgehead atoms. The first-order chi connectivity index (χ1) is 10.0. The van der Waals surface area contributed by atoms with Crippen LogP contribution in [-0.4, -0.2) is 23.5 Å². The third-order valence-corrected chi connectivity index (χ3v) is 2.99. The van der Waals surface area contributed by atoms with E-state index in [-0.39, 0.29) is 11.5 Å². The molecule has 110 valence electrons. The maximum atomic E-state index is 13.0. The number of benzene rings is 1. The van der Waals surface area contributed by atoms with Crippen molar-refractivity contribution < 1.29 is 9.31 Å². The molecule has 0 aliphatic rings. The van der Waals surface area contributed by atoms with Crippen LogP contribution in [-0.2, 0) is 0 Å². The van der Waals surface area contributed by atoms with Gasteiger partial charge in [-0.1, -0.05) is 0 Å². The minimum atomic E-state index is -0.468. The van der Waals surface area contributed by atoms with E-state index in [1.807, 2.05) is 6.92 Å². The average Bonchev–Trinajstić information content (AvgIpc) is 2.49. The normalized spacial score (nSPS) is 10.2. The topological polar surface area (TPSA) is 71.3 Å². The molecule has 0 unspecified atom stereocenters. The monoisotopic (exact) mass is 290 g/mol. The van der Waals surface area contributed by atoms with Gasteiger partial charge in [-0.25, -0.2) is 9.37 Å². The zero-order valence-corrected chi connectivity index (χ0v) is 11.7. The van der Waals surface area contributed by atoms with Gasteiger partial charge in [-0.2, -0.15) is 0 Å². The molecule has 0 aliphatic carbocycles. The molecule has 1 aromatic heterocycles. The van der Waals surface area contributed by atoms with Crippen LogP contribution in [0.4, 0.5) is 27.4 Å². The first-order valence-corrected chi connectivity index (χ1v) is 6.42. The Morgan fingerprint density at radius 3 is 2.52 bits per heavy atom. The molecule has 0 atom stereocenters. The van der Waals surface area contributed by atoms with Gasteiger partial charge in [0.25, 0.3) is 5.69 Å². The lowest BCUT2D eigenvalue weighted by atomic mass is 10.2. The summed E-state index contributed by atoms with van der Waals surface area (Å²) in [4.78, 5) is 16.6. The predicted octanol–water partition coefficient (Wildman–Crippen LogP) is 3.33. The Labute approximate surface area is 121 Å². The van der Waals surface area contributed by atoms with Gasteiger partial charge in [-0.3, -0.25) is 10.1 Å². The van der Waals surface area contributed by atoms with E-state index in [4.69, 9.17) is 0 Å². The van der Waals surface area contributed by atoms with E-state index >= 15 is 0 Å². The van der Waals surface area contributed by atoms with Crippen LogP contribution in [0.15, 0.2) is 36.4 Å². The number of nitrogens with one attached hydrogen (secondary N) is 1. The molecule has 21 heavy (non-hydrogen) atoms. The summed E-state index contributed by atoms with van der Waals surface area (Å²) in [5, 5.41) is 13.8. The van der Waals surface area contributed by atoms with Crippen molar-refractivity contribution in [3.63, 3.8) is 0 Å². The Balaban J connectivity index is 2.48. The lowest BCUT2D eigenvalue weighted by Crippen LogP contribution is -2.18. The molecule has 1 N–H and O–H groups in total. The number of hydrogen-bond donors (Lipinski definition) is 1. The van der Waals surface area contributed by atoms with Crippen molar-refractivity contribution in [3.8, 4) is 0 Å². The Morgan fingerprint density at radius 1 is 1.33 bits per heavy atom. The molecule has 0 spiro atoms. The highest BCUT2D eigenvalue weighted by Crippen LogP contribution is 2.28. The second-order valence-electron chi connectivity index (χ2n) is 4.30. The Hall–Kier alpha value is -2.70. The third kappa shape index (κ3) is 3.25. The van der Waals surface area contributed by atoms with Crippen molar-refractivity contribution in [2.45, 2.75) is 6.92 Å². The summed E-state index contributed by atoms with van der Waals surface area (Å²) >= 11 is 0. The minimum absolute atomic E-state index is 0.0510. The molecule has 7 heteroatoms. The molecular formula is C14H15FN4O2. The summed E-state index contributed by atoms with van der Waals surface area (Å²) in [6.45, 7) is 2.44. The number of pyridine rings is 1. The Morgan fingerprint density at radius 2 is 2.00 bits per heavy atom. The van der Waals surface area contributed by atoms with E-state index in [2.05, 4.69) is 10.3 Å². The van der Waals surface area contributed by atoms with Gasteiger partial charge in [0.05, 0.1) is 17.1 Å². The lowest BCUT2D eigenvalue weighted by molar-refractivity contribution is -0.384. The fourth-order valence-corrected chi connectivity index (χ4v) is 1.97. The number of hydrogen-bond acceptors (Lipinski definition) is 5. The van der Waals surface area contributed by atoms with Gasteiger partial charge in [-0.15, -0.1) is 0 Å². The highest BCUT2D eigenvalue weighted by molar-refractivity contribution is 5.64. The first-order valence-electron chi connectivity index (χ1n) is 6.42. The zero-order chi connectivity index (χ0) is 15.4. The quantitative estimate of drug-likeness (QED) is 0.675. The van der Waals surface area contributed by atoms with E-state index in [9.17, 15) is 14.5 Å². The van der Waals surface area contributed by atoms with Crippen molar-refractivity contribution >= 4 is 23.0 Å². The second kappa shape index (κ2) is 6.17. The highest BCUT2D eigenvalue weighted by Gasteiger charge is 2.16. The summed E-state index contributed by atoms with van der Waals surface area (Å²) in [6, 6.07) is 8.66. The van der Waals surface area contributed by atoms with E-state index < -0.39 is 4.92 Å². The van der Waals surface area contributed by atoms with Gasteiger partial charge in [0.15, 0.2) is 0 Å².